The second kappa shape index (κ2) is 7.93. The van der Waals surface area contributed by atoms with E-state index in [2.05, 4.69) is 47.2 Å². The third-order valence-electron chi connectivity index (χ3n) is 2.68. The molecular weight excluding hydrogens is 304 g/mol. The molecule has 1 unspecified atom stereocenters. The van der Waals surface area contributed by atoms with E-state index in [0.717, 1.165) is 16.6 Å². The van der Waals surface area contributed by atoms with Gasteiger partial charge in [0.2, 0.25) is 0 Å². The summed E-state index contributed by atoms with van der Waals surface area (Å²) in [5.41, 5.74) is 0.917. The van der Waals surface area contributed by atoms with Crippen molar-refractivity contribution in [2.45, 2.75) is 19.5 Å². The molecule has 1 rings (SSSR count). The number of benzene rings is 1. The molecule has 17 heavy (non-hydrogen) atoms. The molecule has 0 aliphatic carbocycles. The number of likely N-dealkylation sites (N-methyl/N-ethyl adjacent to an activating group) is 1. The molecule has 0 saturated heterocycles. The van der Waals surface area contributed by atoms with Gasteiger partial charge in [0, 0.05) is 29.2 Å². The van der Waals surface area contributed by atoms with Gasteiger partial charge in [-0.05, 0) is 39.2 Å². The highest BCUT2D eigenvalue weighted by Crippen LogP contribution is 2.21. The Morgan fingerprint density at radius 1 is 1.41 bits per heavy atom. The largest absolute Gasteiger partial charge is 0.508 e. The fraction of sp³-hybridized carbons (Fsp3) is 0.500. The molecule has 1 aromatic rings. The average molecular weight is 324 g/mol. The van der Waals surface area contributed by atoms with Crippen molar-refractivity contribution in [2.75, 3.05) is 20.6 Å². The maximum atomic E-state index is 9.64. The molecule has 0 heterocycles. The van der Waals surface area contributed by atoms with E-state index in [1.165, 1.54) is 0 Å². The van der Waals surface area contributed by atoms with Crippen molar-refractivity contribution >= 4 is 28.3 Å². The lowest BCUT2D eigenvalue weighted by Gasteiger charge is -2.20. The van der Waals surface area contributed by atoms with Crippen molar-refractivity contribution in [3.8, 4) is 5.75 Å². The Hall–Kier alpha value is -0.290. The summed E-state index contributed by atoms with van der Waals surface area (Å²) in [7, 11) is 4.12. The maximum Gasteiger partial charge on any atom is 0.120 e. The molecule has 0 saturated carbocycles. The van der Waals surface area contributed by atoms with Gasteiger partial charge in [-0.3, -0.25) is 0 Å². The second-order valence-electron chi connectivity index (χ2n) is 4.22. The van der Waals surface area contributed by atoms with Gasteiger partial charge < -0.3 is 15.3 Å². The van der Waals surface area contributed by atoms with Crippen LogP contribution in [0.2, 0.25) is 0 Å². The zero-order chi connectivity index (χ0) is 12.1. The van der Waals surface area contributed by atoms with Gasteiger partial charge in [0.15, 0.2) is 0 Å². The normalized spacial score (nSPS) is 12.3. The molecule has 0 aliphatic rings. The molecule has 2 N–H and O–H groups in total. The van der Waals surface area contributed by atoms with Gasteiger partial charge in [0.25, 0.3) is 0 Å². The number of hydrogen-bond acceptors (Lipinski definition) is 3. The predicted molar refractivity (Wildman–Crippen MR) is 77.9 cm³/mol. The van der Waals surface area contributed by atoms with E-state index in [0.29, 0.717) is 18.3 Å². The van der Waals surface area contributed by atoms with Crippen LogP contribution in [0.15, 0.2) is 22.7 Å². The average Bonchev–Trinajstić information content (AvgIpc) is 2.22. The van der Waals surface area contributed by atoms with Gasteiger partial charge in [-0.15, -0.1) is 12.4 Å². The van der Waals surface area contributed by atoms with Crippen LogP contribution in [0.5, 0.6) is 5.75 Å². The van der Waals surface area contributed by atoms with Crippen molar-refractivity contribution in [3.05, 3.63) is 28.2 Å². The smallest absolute Gasteiger partial charge is 0.120 e. The monoisotopic (exact) mass is 322 g/mol. The fourth-order valence-corrected chi connectivity index (χ4v) is 1.70. The third kappa shape index (κ3) is 5.73. The third-order valence-corrected chi connectivity index (χ3v) is 3.17. The first kappa shape index (κ1) is 16.7. The molecule has 0 aromatic heterocycles. The summed E-state index contributed by atoms with van der Waals surface area (Å²) < 4.78 is 0.989. The molecule has 0 aliphatic heterocycles. The minimum absolute atomic E-state index is 0. The number of phenols is 1. The van der Waals surface area contributed by atoms with E-state index < -0.39 is 0 Å². The summed E-state index contributed by atoms with van der Waals surface area (Å²) >= 11 is 3.39. The Bertz CT molecular complexity index is 347. The van der Waals surface area contributed by atoms with Crippen molar-refractivity contribution in [3.63, 3.8) is 0 Å². The maximum absolute atomic E-state index is 9.64. The molecule has 1 atom stereocenters. The van der Waals surface area contributed by atoms with E-state index in [9.17, 15) is 5.11 Å². The summed E-state index contributed by atoms with van der Waals surface area (Å²) in [5.74, 6) is 0.341. The number of hydrogen-bond donors (Lipinski definition) is 2. The van der Waals surface area contributed by atoms with E-state index in [-0.39, 0.29) is 12.4 Å². The van der Waals surface area contributed by atoms with Crippen LogP contribution in [0, 0.1) is 0 Å². The first-order valence-electron chi connectivity index (χ1n) is 5.35. The topological polar surface area (TPSA) is 35.5 Å². The highest BCUT2D eigenvalue weighted by molar-refractivity contribution is 9.10. The predicted octanol–water partition coefficient (Wildman–Crippen LogP) is 2.62. The molecule has 0 amide bonds. The van der Waals surface area contributed by atoms with Crippen molar-refractivity contribution < 1.29 is 5.11 Å². The highest BCUT2D eigenvalue weighted by atomic mass is 79.9. The summed E-state index contributed by atoms with van der Waals surface area (Å²) in [5, 5.41) is 13.0. The number of phenolic OH excluding ortho intramolecular Hbond substituents is 1. The van der Waals surface area contributed by atoms with E-state index in [1.54, 1.807) is 6.07 Å². The number of aromatic hydroxyl groups is 1. The fourth-order valence-electron chi connectivity index (χ4n) is 1.29. The molecule has 3 nitrogen and oxygen atoms in total. The summed E-state index contributed by atoms with van der Waals surface area (Å²) in [6, 6.07) is 5.95. The van der Waals surface area contributed by atoms with E-state index >= 15 is 0 Å². The number of rotatable bonds is 5. The highest BCUT2D eigenvalue weighted by Gasteiger charge is 2.05. The second-order valence-corrected chi connectivity index (χ2v) is 5.13. The van der Waals surface area contributed by atoms with Crippen molar-refractivity contribution in [1.82, 2.24) is 10.2 Å². The minimum Gasteiger partial charge on any atom is -0.508 e. The van der Waals surface area contributed by atoms with Crippen molar-refractivity contribution in [1.29, 1.82) is 0 Å². The summed E-state index contributed by atoms with van der Waals surface area (Å²) in [6.07, 6.45) is 0. The number of halogens is 2. The van der Waals surface area contributed by atoms with Crippen LogP contribution in [0.1, 0.15) is 12.5 Å². The zero-order valence-electron chi connectivity index (χ0n) is 10.4. The Morgan fingerprint density at radius 2 is 2.06 bits per heavy atom. The first-order chi connectivity index (χ1) is 7.50. The summed E-state index contributed by atoms with van der Waals surface area (Å²) in [6.45, 7) is 3.75. The molecule has 0 radical (unpaired) electrons. The Morgan fingerprint density at radius 3 is 2.65 bits per heavy atom. The first-order valence-corrected chi connectivity index (χ1v) is 6.14. The minimum atomic E-state index is 0. The lowest BCUT2D eigenvalue weighted by atomic mass is 10.2. The standard InChI is InChI=1S/C12H19BrN2O.ClH/c1-9(15(2)3)7-14-8-10-6-11(13)4-5-12(10)16;/h4-6,9,14,16H,7-8H2,1-3H3;1H. The molecule has 1 aromatic carbocycles. The quantitative estimate of drug-likeness (QED) is 0.874. The lowest BCUT2D eigenvalue weighted by Crippen LogP contribution is -2.35. The van der Waals surface area contributed by atoms with Crippen LogP contribution < -0.4 is 5.32 Å². The van der Waals surface area contributed by atoms with Gasteiger partial charge in [0.1, 0.15) is 5.75 Å². The number of nitrogens with zero attached hydrogens (tertiary/aromatic N) is 1. The van der Waals surface area contributed by atoms with Gasteiger partial charge in [-0.1, -0.05) is 15.9 Å². The van der Waals surface area contributed by atoms with Crippen LogP contribution in [0.25, 0.3) is 0 Å². The molecule has 0 spiro atoms. The molecule has 0 fully saturated rings. The Labute approximate surface area is 118 Å². The molecule has 5 heteroatoms. The lowest BCUT2D eigenvalue weighted by molar-refractivity contribution is 0.302. The van der Waals surface area contributed by atoms with E-state index in [4.69, 9.17) is 0 Å². The van der Waals surface area contributed by atoms with E-state index in [1.807, 2.05) is 12.1 Å². The van der Waals surface area contributed by atoms with Gasteiger partial charge in [-0.25, -0.2) is 0 Å². The molecule has 0 bridgehead atoms. The van der Waals surface area contributed by atoms with Crippen LogP contribution in [0.3, 0.4) is 0 Å². The summed E-state index contributed by atoms with van der Waals surface area (Å²) in [4.78, 5) is 2.16. The van der Waals surface area contributed by atoms with Gasteiger partial charge >= 0.3 is 0 Å². The van der Waals surface area contributed by atoms with Gasteiger partial charge in [-0.2, -0.15) is 0 Å². The molecular formula is C12H20BrClN2O. The van der Waals surface area contributed by atoms with Crippen LogP contribution in [0.4, 0.5) is 0 Å². The SMILES string of the molecule is CC(CNCc1cc(Br)ccc1O)N(C)C.Cl. The molecule has 98 valence electrons. The van der Waals surface area contributed by atoms with Gasteiger partial charge in [0.05, 0.1) is 0 Å². The number of nitrogens with one attached hydrogen (secondary N) is 1. The van der Waals surface area contributed by atoms with Crippen molar-refractivity contribution in [2.24, 2.45) is 0 Å². The Balaban J connectivity index is 0.00000256. The van der Waals surface area contributed by atoms with Crippen LogP contribution in [-0.2, 0) is 6.54 Å². The zero-order valence-corrected chi connectivity index (χ0v) is 12.8. The van der Waals surface area contributed by atoms with Crippen LogP contribution in [-0.4, -0.2) is 36.7 Å². The Kier molecular flexibility index (Phi) is 7.79. The van der Waals surface area contributed by atoms with Crippen LogP contribution >= 0.6 is 28.3 Å².